The SMILES string of the molecule is CCn1c(-c2ccncc2)nc2c(N3CCOCC3)nc(-n3nc(-c4ccccc4)cc3O)nc21. The standard InChI is InChI=1S/C25H24N8O2/c1-2-32-22(18-8-10-26-11-9-18)27-21-23(31-12-14-35-15-13-31)28-25(29-24(21)32)33-20(34)16-19(30-33)17-6-4-3-5-7-17/h3-11,16,34H,2,12-15H2,1H3. The summed E-state index contributed by atoms with van der Waals surface area (Å²) in [6, 6.07) is 15.2. The molecule has 0 unspecified atom stereocenters. The molecule has 35 heavy (non-hydrogen) atoms. The molecule has 0 radical (unpaired) electrons. The van der Waals surface area contributed by atoms with Gasteiger partial charge in [0.2, 0.25) is 5.88 Å². The van der Waals surface area contributed by atoms with Crippen LogP contribution in [0.15, 0.2) is 60.9 Å². The molecule has 10 heteroatoms. The highest BCUT2D eigenvalue weighted by Crippen LogP contribution is 2.32. The van der Waals surface area contributed by atoms with Gasteiger partial charge in [-0.15, -0.1) is 0 Å². The van der Waals surface area contributed by atoms with Crippen molar-refractivity contribution in [2.45, 2.75) is 13.5 Å². The minimum atomic E-state index is -0.0342. The molecule has 176 valence electrons. The van der Waals surface area contributed by atoms with Crippen LogP contribution in [0.5, 0.6) is 5.88 Å². The zero-order chi connectivity index (χ0) is 23.8. The van der Waals surface area contributed by atoms with Crippen molar-refractivity contribution >= 4 is 17.0 Å². The third-order valence-corrected chi connectivity index (χ3v) is 6.08. The van der Waals surface area contributed by atoms with Gasteiger partial charge in [-0.25, -0.2) is 4.98 Å². The average molecular weight is 469 g/mol. The third-order valence-electron chi connectivity index (χ3n) is 6.08. The number of hydrogen-bond acceptors (Lipinski definition) is 8. The number of morpholine rings is 1. The van der Waals surface area contributed by atoms with Gasteiger partial charge in [-0.2, -0.15) is 19.7 Å². The highest BCUT2D eigenvalue weighted by Gasteiger charge is 2.25. The molecule has 0 spiro atoms. The fourth-order valence-corrected chi connectivity index (χ4v) is 4.35. The van der Waals surface area contributed by atoms with E-state index in [9.17, 15) is 5.11 Å². The Bertz CT molecular complexity index is 1470. The molecule has 1 saturated heterocycles. The van der Waals surface area contributed by atoms with E-state index in [0.717, 1.165) is 17.0 Å². The van der Waals surface area contributed by atoms with Gasteiger partial charge in [-0.3, -0.25) is 4.98 Å². The second-order valence-electron chi connectivity index (χ2n) is 8.20. The van der Waals surface area contributed by atoms with E-state index in [2.05, 4.69) is 26.5 Å². The molecule has 1 aliphatic heterocycles. The van der Waals surface area contributed by atoms with Crippen LogP contribution in [0.1, 0.15) is 6.92 Å². The number of benzene rings is 1. The van der Waals surface area contributed by atoms with Gasteiger partial charge in [-0.1, -0.05) is 30.3 Å². The van der Waals surface area contributed by atoms with Crippen LogP contribution in [-0.4, -0.2) is 65.7 Å². The first-order chi connectivity index (χ1) is 17.2. The summed E-state index contributed by atoms with van der Waals surface area (Å²) in [6.07, 6.45) is 3.50. The maximum Gasteiger partial charge on any atom is 0.257 e. The maximum absolute atomic E-state index is 10.8. The van der Waals surface area contributed by atoms with Gasteiger partial charge in [0.05, 0.1) is 18.9 Å². The summed E-state index contributed by atoms with van der Waals surface area (Å²) in [4.78, 5) is 21.0. The number of aromatic hydroxyl groups is 1. The fraction of sp³-hybridized carbons (Fsp3) is 0.240. The van der Waals surface area contributed by atoms with Crippen molar-refractivity contribution < 1.29 is 9.84 Å². The number of fused-ring (bicyclic) bond motifs is 1. The van der Waals surface area contributed by atoms with E-state index in [-0.39, 0.29) is 11.8 Å². The van der Waals surface area contributed by atoms with Gasteiger partial charge in [0.25, 0.3) is 5.95 Å². The maximum atomic E-state index is 10.8. The lowest BCUT2D eigenvalue weighted by Gasteiger charge is -2.28. The van der Waals surface area contributed by atoms with Crippen LogP contribution in [0.4, 0.5) is 5.82 Å². The molecule has 1 N–H and O–H groups in total. The number of hydrogen-bond donors (Lipinski definition) is 1. The number of nitrogens with zero attached hydrogens (tertiary/aromatic N) is 8. The number of ether oxygens (including phenoxy) is 1. The minimum absolute atomic E-state index is 0.0342. The Hall–Kier alpha value is -4.31. The minimum Gasteiger partial charge on any atom is -0.493 e. The van der Waals surface area contributed by atoms with E-state index in [0.29, 0.717) is 55.5 Å². The quantitative estimate of drug-likeness (QED) is 0.419. The van der Waals surface area contributed by atoms with Crippen molar-refractivity contribution in [2.24, 2.45) is 0 Å². The van der Waals surface area contributed by atoms with Crippen molar-refractivity contribution in [2.75, 3.05) is 31.2 Å². The Labute approximate surface area is 201 Å². The molecule has 0 atom stereocenters. The van der Waals surface area contributed by atoms with Crippen molar-refractivity contribution in [1.29, 1.82) is 0 Å². The molecule has 1 aliphatic rings. The molecule has 0 saturated carbocycles. The van der Waals surface area contributed by atoms with Gasteiger partial charge >= 0.3 is 0 Å². The van der Waals surface area contributed by atoms with Gasteiger partial charge in [0.15, 0.2) is 17.0 Å². The summed E-state index contributed by atoms with van der Waals surface area (Å²) in [6.45, 7) is 5.31. The molecule has 5 heterocycles. The van der Waals surface area contributed by atoms with Crippen LogP contribution in [0.2, 0.25) is 0 Å². The first-order valence-corrected chi connectivity index (χ1v) is 11.6. The lowest BCUT2D eigenvalue weighted by atomic mass is 10.2. The van der Waals surface area contributed by atoms with E-state index in [1.54, 1.807) is 18.5 Å². The third kappa shape index (κ3) is 3.77. The predicted octanol–water partition coefficient (Wildman–Crippen LogP) is 3.30. The highest BCUT2D eigenvalue weighted by molar-refractivity contribution is 5.88. The largest absolute Gasteiger partial charge is 0.493 e. The molecule has 1 aromatic carbocycles. The van der Waals surface area contributed by atoms with E-state index in [1.165, 1.54) is 4.68 Å². The molecule has 0 aliphatic carbocycles. The number of aryl methyl sites for hydroxylation is 1. The van der Waals surface area contributed by atoms with Gasteiger partial charge in [0.1, 0.15) is 5.82 Å². The van der Waals surface area contributed by atoms with Crippen LogP contribution in [0.25, 0.3) is 39.8 Å². The summed E-state index contributed by atoms with van der Waals surface area (Å²) in [7, 11) is 0. The summed E-state index contributed by atoms with van der Waals surface area (Å²) in [5, 5.41) is 15.4. The van der Waals surface area contributed by atoms with E-state index in [4.69, 9.17) is 19.7 Å². The van der Waals surface area contributed by atoms with Crippen molar-refractivity contribution in [3.05, 3.63) is 60.9 Å². The molecular weight excluding hydrogens is 444 g/mol. The molecular formula is C25H24N8O2. The smallest absolute Gasteiger partial charge is 0.257 e. The van der Waals surface area contributed by atoms with Crippen LogP contribution in [0, 0.1) is 0 Å². The van der Waals surface area contributed by atoms with Crippen LogP contribution >= 0.6 is 0 Å². The zero-order valence-electron chi connectivity index (χ0n) is 19.2. The molecule has 1 fully saturated rings. The summed E-state index contributed by atoms with van der Waals surface area (Å²) in [5.41, 5.74) is 3.87. The molecule has 0 bridgehead atoms. The Morgan fingerprint density at radius 3 is 2.46 bits per heavy atom. The van der Waals surface area contributed by atoms with Crippen molar-refractivity contribution in [1.82, 2.24) is 34.3 Å². The number of pyridine rings is 1. The topological polar surface area (TPSA) is 107 Å². The van der Waals surface area contributed by atoms with Crippen molar-refractivity contribution in [3.8, 4) is 34.5 Å². The summed E-state index contributed by atoms with van der Waals surface area (Å²) in [5.74, 6) is 1.75. The second-order valence-corrected chi connectivity index (χ2v) is 8.20. The van der Waals surface area contributed by atoms with Crippen LogP contribution < -0.4 is 4.90 Å². The van der Waals surface area contributed by atoms with E-state index in [1.807, 2.05) is 42.5 Å². The number of imidazole rings is 1. The number of rotatable bonds is 5. The number of aromatic nitrogens is 7. The highest BCUT2D eigenvalue weighted by atomic mass is 16.5. The normalized spacial score (nSPS) is 14.0. The average Bonchev–Trinajstić information content (AvgIpc) is 3.50. The molecule has 0 amide bonds. The first kappa shape index (κ1) is 21.2. The molecule has 6 rings (SSSR count). The Balaban J connectivity index is 1.56. The lowest BCUT2D eigenvalue weighted by molar-refractivity contribution is 0.122. The summed E-state index contributed by atoms with van der Waals surface area (Å²) >= 11 is 0. The zero-order valence-corrected chi connectivity index (χ0v) is 19.2. The number of anilines is 1. The fourth-order valence-electron chi connectivity index (χ4n) is 4.35. The van der Waals surface area contributed by atoms with Crippen molar-refractivity contribution in [3.63, 3.8) is 0 Å². The molecule has 4 aromatic heterocycles. The van der Waals surface area contributed by atoms with E-state index < -0.39 is 0 Å². The second kappa shape index (κ2) is 8.80. The predicted molar refractivity (Wildman–Crippen MR) is 131 cm³/mol. The summed E-state index contributed by atoms with van der Waals surface area (Å²) < 4.78 is 9.00. The molecule has 10 nitrogen and oxygen atoms in total. The Kier molecular flexibility index (Phi) is 5.34. The van der Waals surface area contributed by atoms with Gasteiger partial charge in [-0.05, 0) is 19.1 Å². The van der Waals surface area contributed by atoms with Gasteiger partial charge < -0.3 is 19.3 Å². The van der Waals surface area contributed by atoms with Crippen LogP contribution in [0.3, 0.4) is 0 Å². The molecule has 5 aromatic rings. The monoisotopic (exact) mass is 468 g/mol. The lowest BCUT2D eigenvalue weighted by Crippen LogP contribution is -2.37. The van der Waals surface area contributed by atoms with Crippen LogP contribution in [-0.2, 0) is 11.3 Å². The Morgan fingerprint density at radius 2 is 1.71 bits per heavy atom. The first-order valence-electron chi connectivity index (χ1n) is 11.6. The van der Waals surface area contributed by atoms with E-state index >= 15 is 0 Å². The Morgan fingerprint density at radius 1 is 0.943 bits per heavy atom. The van der Waals surface area contributed by atoms with Gasteiger partial charge in [0, 0.05) is 49.2 Å².